The molecule has 0 spiro atoms. The fraction of sp³-hybridized carbons (Fsp3) is 0.176. The van der Waals surface area contributed by atoms with Gasteiger partial charge in [-0.15, -0.1) is 0 Å². The van der Waals surface area contributed by atoms with Crippen molar-refractivity contribution in [2.45, 2.75) is 13.5 Å². The van der Waals surface area contributed by atoms with Crippen LogP contribution in [-0.2, 0) is 6.54 Å². The molecule has 7 nitrogen and oxygen atoms in total. The predicted octanol–water partition coefficient (Wildman–Crippen LogP) is 3.56. The van der Waals surface area contributed by atoms with Gasteiger partial charge < -0.3 is 9.30 Å². The van der Waals surface area contributed by atoms with Crippen LogP contribution in [0.25, 0.3) is 5.65 Å². The topological polar surface area (TPSA) is 80.8 Å². The number of rotatable bonds is 5. The van der Waals surface area contributed by atoms with Crippen molar-refractivity contribution in [3.05, 3.63) is 75.2 Å². The van der Waals surface area contributed by atoms with Crippen molar-refractivity contribution in [2.75, 3.05) is 6.54 Å². The number of amides is 1. The summed E-state index contributed by atoms with van der Waals surface area (Å²) < 4.78 is 1.88. The molecule has 0 fully saturated rings. The molecular formula is C17H15ClN4O3. The Morgan fingerprint density at radius 2 is 2.16 bits per heavy atom. The fourth-order valence-electron chi connectivity index (χ4n) is 2.63. The van der Waals surface area contributed by atoms with E-state index in [-0.39, 0.29) is 22.8 Å². The number of carbonyl (C=O) groups is 1. The summed E-state index contributed by atoms with van der Waals surface area (Å²) >= 11 is 5.93. The van der Waals surface area contributed by atoms with E-state index < -0.39 is 10.8 Å². The molecule has 3 aromatic rings. The number of nitro groups is 1. The van der Waals surface area contributed by atoms with E-state index in [4.69, 9.17) is 11.6 Å². The van der Waals surface area contributed by atoms with Crippen molar-refractivity contribution in [3.63, 3.8) is 0 Å². The monoisotopic (exact) mass is 358 g/mol. The summed E-state index contributed by atoms with van der Waals surface area (Å²) in [7, 11) is 0. The smallest absolute Gasteiger partial charge is 0.282 e. The first-order valence-electron chi connectivity index (χ1n) is 7.65. The second-order valence-corrected chi connectivity index (χ2v) is 5.85. The highest BCUT2D eigenvalue weighted by Crippen LogP contribution is 2.25. The summed E-state index contributed by atoms with van der Waals surface area (Å²) in [6, 6.07) is 9.60. The third-order valence-corrected chi connectivity index (χ3v) is 4.14. The Morgan fingerprint density at radius 3 is 2.88 bits per heavy atom. The predicted molar refractivity (Wildman–Crippen MR) is 93.7 cm³/mol. The molecule has 0 aliphatic carbocycles. The largest absolute Gasteiger partial charge is 0.333 e. The molecule has 128 valence electrons. The molecule has 0 unspecified atom stereocenters. The van der Waals surface area contributed by atoms with Crippen molar-refractivity contribution < 1.29 is 9.72 Å². The molecule has 2 aromatic heterocycles. The lowest BCUT2D eigenvalue weighted by atomic mass is 10.1. The van der Waals surface area contributed by atoms with Crippen LogP contribution >= 0.6 is 11.6 Å². The minimum absolute atomic E-state index is 0.0202. The zero-order valence-electron chi connectivity index (χ0n) is 13.4. The van der Waals surface area contributed by atoms with E-state index in [0.717, 1.165) is 11.3 Å². The van der Waals surface area contributed by atoms with E-state index in [1.165, 1.54) is 23.1 Å². The van der Waals surface area contributed by atoms with Crippen LogP contribution in [0.2, 0.25) is 5.02 Å². The van der Waals surface area contributed by atoms with E-state index in [1.54, 1.807) is 6.20 Å². The van der Waals surface area contributed by atoms with E-state index >= 15 is 0 Å². The minimum Gasteiger partial charge on any atom is -0.333 e. The normalized spacial score (nSPS) is 10.8. The summed E-state index contributed by atoms with van der Waals surface area (Å²) in [5.74, 6) is -0.442. The number of imidazole rings is 1. The highest BCUT2D eigenvalue weighted by atomic mass is 35.5. The van der Waals surface area contributed by atoms with Crippen LogP contribution in [-0.4, -0.2) is 31.7 Å². The van der Waals surface area contributed by atoms with Crippen molar-refractivity contribution in [2.24, 2.45) is 0 Å². The fourth-order valence-corrected chi connectivity index (χ4v) is 2.81. The third-order valence-electron chi connectivity index (χ3n) is 3.90. The van der Waals surface area contributed by atoms with Crippen molar-refractivity contribution >= 4 is 28.8 Å². The van der Waals surface area contributed by atoms with Crippen molar-refractivity contribution in [1.29, 1.82) is 0 Å². The lowest BCUT2D eigenvalue weighted by molar-refractivity contribution is -0.385. The summed E-state index contributed by atoms with van der Waals surface area (Å²) in [6.45, 7) is 2.49. The van der Waals surface area contributed by atoms with Gasteiger partial charge in [0.2, 0.25) is 0 Å². The number of hydrogen-bond acceptors (Lipinski definition) is 4. The molecule has 1 amide bonds. The molecule has 25 heavy (non-hydrogen) atoms. The number of halogens is 1. The Kier molecular flexibility index (Phi) is 4.67. The van der Waals surface area contributed by atoms with Gasteiger partial charge in [0, 0.05) is 23.8 Å². The first-order chi connectivity index (χ1) is 12.0. The zero-order valence-corrected chi connectivity index (χ0v) is 14.2. The molecule has 0 atom stereocenters. The Morgan fingerprint density at radius 1 is 1.36 bits per heavy atom. The van der Waals surface area contributed by atoms with Crippen LogP contribution in [0.3, 0.4) is 0 Å². The number of carbonyl (C=O) groups excluding carboxylic acids is 1. The molecule has 0 saturated heterocycles. The summed E-state index contributed by atoms with van der Waals surface area (Å²) in [5, 5.41) is 11.5. The molecule has 1 aromatic carbocycles. The molecule has 0 aliphatic rings. The van der Waals surface area contributed by atoms with Crippen molar-refractivity contribution in [1.82, 2.24) is 14.3 Å². The van der Waals surface area contributed by atoms with Gasteiger partial charge in [0.05, 0.1) is 23.4 Å². The molecule has 0 bridgehead atoms. The van der Waals surface area contributed by atoms with E-state index in [1.807, 2.05) is 35.7 Å². The summed E-state index contributed by atoms with van der Waals surface area (Å²) in [5.41, 5.74) is 1.31. The molecule has 0 radical (unpaired) electrons. The highest BCUT2D eigenvalue weighted by molar-refractivity contribution is 6.31. The maximum Gasteiger partial charge on any atom is 0.282 e. The van der Waals surface area contributed by atoms with Crippen LogP contribution in [0.15, 0.2) is 48.8 Å². The van der Waals surface area contributed by atoms with Crippen LogP contribution in [0.1, 0.15) is 23.0 Å². The Bertz CT molecular complexity index is 954. The second kappa shape index (κ2) is 6.90. The van der Waals surface area contributed by atoms with Gasteiger partial charge in [-0.2, -0.15) is 0 Å². The Labute approximate surface area is 148 Å². The summed E-state index contributed by atoms with van der Waals surface area (Å²) in [4.78, 5) is 29.3. The number of hydrogen-bond donors (Lipinski definition) is 0. The van der Waals surface area contributed by atoms with Gasteiger partial charge in [0.25, 0.3) is 11.6 Å². The second-order valence-electron chi connectivity index (χ2n) is 5.42. The van der Waals surface area contributed by atoms with Gasteiger partial charge in [0.15, 0.2) is 0 Å². The van der Waals surface area contributed by atoms with Crippen LogP contribution in [0.5, 0.6) is 0 Å². The first-order valence-corrected chi connectivity index (χ1v) is 8.03. The van der Waals surface area contributed by atoms with Crippen LogP contribution < -0.4 is 0 Å². The highest BCUT2D eigenvalue weighted by Gasteiger charge is 2.25. The maximum absolute atomic E-state index is 12.8. The number of nitro benzene ring substituents is 1. The zero-order chi connectivity index (χ0) is 18.0. The van der Waals surface area contributed by atoms with E-state index in [0.29, 0.717) is 6.54 Å². The van der Waals surface area contributed by atoms with Gasteiger partial charge >= 0.3 is 0 Å². The SMILES string of the molecule is CCN(Cc1cnc2ccccn12)C(=O)c1cc(Cl)ccc1[N+](=O)[O-]. The first kappa shape index (κ1) is 16.9. The molecular weight excluding hydrogens is 344 g/mol. The van der Waals surface area contributed by atoms with E-state index in [2.05, 4.69) is 4.98 Å². The number of aromatic nitrogens is 2. The number of pyridine rings is 1. The lowest BCUT2D eigenvalue weighted by Gasteiger charge is -2.20. The molecule has 0 saturated carbocycles. The van der Waals surface area contributed by atoms with Gasteiger partial charge in [-0.3, -0.25) is 14.9 Å². The van der Waals surface area contributed by atoms with Crippen LogP contribution in [0, 0.1) is 10.1 Å². The summed E-state index contributed by atoms with van der Waals surface area (Å²) in [6.07, 6.45) is 3.55. The molecule has 8 heteroatoms. The quantitative estimate of drug-likeness (QED) is 0.516. The maximum atomic E-state index is 12.8. The van der Waals surface area contributed by atoms with Gasteiger partial charge in [-0.1, -0.05) is 17.7 Å². The molecule has 2 heterocycles. The van der Waals surface area contributed by atoms with Crippen LogP contribution in [0.4, 0.5) is 5.69 Å². The number of fused-ring (bicyclic) bond motifs is 1. The standard InChI is InChI=1S/C17H15ClN4O3/c1-2-20(11-13-10-19-16-5-3-4-8-21(13)16)17(23)14-9-12(18)6-7-15(14)22(24)25/h3-10H,2,11H2,1H3. The number of nitrogens with zero attached hydrogens (tertiary/aromatic N) is 4. The molecule has 0 aliphatic heterocycles. The van der Waals surface area contributed by atoms with Gasteiger partial charge in [-0.25, -0.2) is 4.98 Å². The average Bonchev–Trinajstić information content (AvgIpc) is 3.01. The van der Waals surface area contributed by atoms with Gasteiger partial charge in [-0.05, 0) is 31.2 Å². The van der Waals surface area contributed by atoms with Crippen molar-refractivity contribution in [3.8, 4) is 0 Å². The Hall–Kier alpha value is -2.93. The molecule has 0 N–H and O–H groups in total. The number of benzene rings is 1. The molecule has 3 rings (SSSR count). The third kappa shape index (κ3) is 3.32. The average molecular weight is 359 g/mol. The van der Waals surface area contributed by atoms with Gasteiger partial charge in [0.1, 0.15) is 11.2 Å². The lowest BCUT2D eigenvalue weighted by Crippen LogP contribution is -2.31. The minimum atomic E-state index is -0.578. The van der Waals surface area contributed by atoms with E-state index in [9.17, 15) is 14.9 Å². The Balaban J connectivity index is 1.95.